The van der Waals surface area contributed by atoms with Crippen LogP contribution in [0.5, 0.6) is 17.2 Å². The molecule has 1 N–H and O–H groups in total. The van der Waals surface area contributed by atoms with Crippen molar-refractivity contribution in [1.29, 1.82) is 0 Å². The second-order valence-electron chi connectivity index (χ2n) is 5.87. The van der Waals surface area contributed by atoms with E-state index in [0.29, 0.717) is 28.5 Å². The van der Waals surface area contributed by atoms with E-state index in [1.807, 2.05) is 19.1 Å². The van der Waals surface area contributed by atoms with Crippen molar-refractivity contribution < 1.29 is 23.8 Å². The van der Waals surface area contributed by atoms with Gasteiger partial charge in [-0.25, -0.2) is 0 Å². The maximum Gasteiger partial charge on any atom is 0.265 e. The number of ether oxygens (including phenoxy) is 3. The van der Waals surface area contributed by atoms with Gasteiger partial charge < -0.3 is 19.5 Å². The summed E-state index contributed by atoms with van der Waals surface area (Å²) >= 11 is 0. The van der Waals surface area contributed by atoms with Crippen LogP contribution in [0.4, 0.5) is 5.69 Å². The van der Waals surface area contributed by atoms with Crippen LogP contribution in [0, 0.1) is 6.92 Å². The number of hydrogen-bond acceptors (Lipinski definition) is 5. The molecule has 0 saturated heterocycles. The number of amides is 1. The Labute approximate surface area is 145 Å². The predicted molar refractivity (Wildman–Crippen MR) is 92.5 cm³/mol. The molecule has 0 aromatic heterocycles. The highest BCUT2D eigenvalue weighted by Gasteiger charge is 2.22. The van der Waals surface area contributed by atoms with E-state index in [1.54, 1.807) is 31.2 Å². The van der Waals surface area contributed by atoms with Gasteiger partial charge in [0.2, 0.25) is 6.79 Å². The van der Waals surface area contributed by atoms with Crippen LogP contribution in [-0.4, -0.2) is 24.6 Å². The van der Waals surface area contributed by atoms with Crippen molar-refractivity contribution in [1.82, 2.24) is 0 Å². The Morgan fingerprint density at radius 2 is 1.76 bits per heavy atom. The number of nitrogens with one attached hydrogen (secondary N) is 1. The molecule has 1 aliphatic rings. The van der Waals surface area contributed by atoms with Crippen LogP contribution in [0.3, 0.4) is 0 Å². The number of carbonyl (C=O) groups excluding carboxylic acids is 2. The Bertz CT molecular complexity index is 813. The molecule has 25 heavy (non-hydrogen) atoms. The van der Waals surface area contributed by atoms with Crippen molar-refractivity contribution in [3.05, 3.63) is 47.5 Å². The molecule has 1 heterocycles. The Kier molecular flexibility index (Phi) is 4.61. The van der Waals surface area contributed by atoms with Crippen molar-refractivity contribution in [2.75, 3.05) is 12.1 Å². The van der Waals surface area contributed by atoms with Gasteiger partial charge in [-0.15, -0.1) is 0 Å². The number of benzene rings is 2. The smallest absolute Gasteiger partial charge is 0.265 e. The lowest BCUT2D eigenvalue weighted by atomic mass is 10.1. The number of hydrogen-bond donors (Lipinski definition) is 1. The van der Waals surface area contributed by atoms with Gasteiger partial charge in [0.05, 0.1) is 5.69 Å². The van der Waals surface area contributed by atoms with Gasteiger partial charge in [-0.1, -0.05) is 17.7 Å². The van der Waals surface area contributed by atoms with E-state index >= 15 is 0 Å². The second-order valence-corrected chi connectivity index (χ2v) is 5.87. The number of fused-ring (bicyclic) bond motifs is 1. The largest absolute Gasteiger partial charge is 0.481 e. The van der Waals surface area contributed by atoms with E-state index in [1.165, 1.54) is 6.92 Å². The van der Waals surface area contributed by atoms with Gasteiger partial charge >= 0.3 is 0 Å². The highest BCUT2D eigenvalue weighted by atomic mass is 16.7. The quantitative estimate of drug-likeness (QED) is 0.845. The van der Waals surface area contributed by atoms with Crippen LogP contribution in [0.15, 0.2) is 36.4 Å². The summed E-state index contributed by atoms with van der Waals surface area (Å²) in [6, 6.07) is 10.6. The first-order valence-electron chi connectivity index (χ1n) is 7.93. The summed E-state index contributed by atoms with van der Waals surface area (Å²) in [7, 11) is 0. The molecule has 3 rings (SSSR count). The second kappa shape index (κ2) is 6.84. The SMILES string of the molecule is CC(=O)c1cc2c(cc1NC(=O)C(C)Oc1ccc(C)cc1)OCO2. The van der Waals surface area contributed by atoms with Gasteiger partial charge in [-0.05, 0) is 39.0 Å². The third kappa shape index (κ3) is 3.74. The number of ketones is 1. The molecule has 1 unspecified atom stereocenters. The summed E-state index contributed by atoms with van der Waals surface area (Å²) in [5.74, 6) is 1.05. The van der Waals surface area contributed by atoms with Gasteiger partial charge in [-0.3, -0.25) is 9.59 Å². The van der Waals surface area contributed by atoms with E-state index in [-0.39, 0.29) is 18.5 Å². The zero-order valence-corrected chi connectivity index (χ0v) is 14.3. The lowest BCUT2D eigenvalue weighted by Crippen LogP contribution is -2.30. The third-order valence-corrected chi connectivity index (χ3v) is 3.85. The average molecular weight is 341 g/mol. The Morgan fingerprint density at radius 1 is 1.12 bits per heavy atom. The summed E-state index contributed by atoms with van der Waals surface area (Å²) in [5.41, 5.74) is 1.84. The third-order valence-electron chi connectivity index (χ3n) is 3.85. The van der Waals surface area contributed by atoms with Crippen molar-refractivity contribution in [2.45, 2.75) is 26.9 Å². The van der Waals surface area contributed by atoms with Crippen LogP contribution in [0.1, 0.15) is 29.8 Å². The molecule has 0 fully saturated rings. The molecule has 2 aromatic carbocycles. The van der Waals surface area contributed by atoms with Crippen LogP contribution in [0.2, 0.25) is 0 Å². The van der Waals surface area contributed by atoms with E-state index in [2.05, 4.69) is 5.32 Å². The molecule has 6 nitrogen and oxygen atoms in total. The minimum atomic E-state index is -0.729. The first kappa shape index (κ1) is 16.8. The molecule has 1 aliphatic heterocycles. The molecule has 0 saturated carbocycles. The van der Waals surface area contributed by atoms with Crippen LogP contribution in [-0.2, 0) is 4.79 Å². The van der Waals surface area contributed by atoms with E-state index < -0.39 is 6.10 Å². The fourth-order valence-electron chi connectivity index (χ4n) is 2.45. The summed E-state index contributed by atoms with van der Waals surface area (Å²) in [4.78, 5) is 24.3. The molecule has 0 radical (unpaired) electrons. The molecule has 6 heteroatoms. The Balaban J connectivity index is 1.75. The van der Waals surface area contributed by atoms with Crippen LogP contribution in [0.25, 0.3) is 0 Å². The zero-order valence-electron chi connectivity index (χ0n) is 14.3. The maximum atomic E-state index is 12.4. The minimum absolute atomic E-state index is 0.0943. The summed E-state index contributed by atoms with van der Waals surface area (Å²) < 4.78 is 16.2. The Hall–Kier alpha value is -3.02. The zero-order chi connectivity index (χ0) is 18.0. The summed E-state index contributed by atoms with van der Waals surface area (Å²) in [5, 5.41) is 2.73. The highest BCUT2D eigenvalue weighted by Crippen LogP contribution is 2.37. The lowest BCUT2D eigenvalue weighted by molar-refractivity contribution is -0.122. The number of rotatable bonds is 5. The fourth-order valence-corrected chi connectivity index (χ4v) is 2.45. The standard InChI is InChI=1S/C19H19NO5/c1-11-4-6-14(7-5-11)25-13(3)19(22)20-16-9-18-17(23-10-24-18)8-15(16)12(2)21/h4-9,13H,10H2,1-3H3,(H,20,22). The summed E-state index contributed by atoms with van der Waals surface area (Å²) in [6.07, 6.45) is -0.729. The maximum absolute atomic E-state index is 12.4. The molecular formula is C19H19NO5. The van der Waals surface area contributed by atoms with Gasteiger partial charge in [-0.2, -0.15) is 0 Å². The first-order valence-corrected chi connectivity index (χ1v) is 7.93. The highest BCUT2D eigenvalue weighted by molar-refractivity contribution is 6.05. The number of Topliss-reactive ketones (excluding diaryl/α,β-unsaturated/α-hetero) is 1. The first-order chi connectivity index (χ1) is 11.9. The molecular weight excluding hydrogens is 322 g/mol. The van der Waals surface area contributed by atoms with E-state index in [4.69, 9.17) is 14.2 Å². The number of carbonyl (C=O) groups is 2. The van der Waals surface area contributed by atoms with Gasteiger partial charge in [0.1, 0.15) is 5.75 Å². The number of anilines is 1. The molecule has 0 aliphatic carbocycles. The van der Waals surface area contributed by atoms with Crippen molar-refractivity contribution in [3.8, 4) is 17.2 Å². The van der Waals surface area contributed by atoms with Crippen LogP contribution >= 0.6 is 0 Å². The molecule has 130 valence electrons. The molecule has 0 bridgehead atoms. The molecule has 2 aromatic rings. The fraction of sp³-hybridized carbons (Fsp3) is 0.263. The molecule has 1 amide bonds. The molecule has 1 atom stereocenters. The van der Waals surface area contributed by atoms with Crippen LogP contribution < -0.4 is 19.5 Å². The topological polar surface area (TPSA) is 73.9 Å². The van der Waals surface area contributed by atoms with E-state index in [0.717, 1.165) is 5.56 Å². The van der Waals surface area contributed by atoms with E-state index in [9.17, 15) is 9.59 Å². The normalized spacial score (nSPS) is 13.2. The van der Waals surface area contributed by atoms with Gasteiger partial charge in [0.15, 0.2) is 23.4 Å². The van der Waals surface area contributed by atoms with Gasteiger partial charge in [0, 0.05) is 11.6 Å². The van der Waals surface area contributed by atoms with Crippen molar-refractivity contribution in [2.24, 2.45) is 0 Å². The molecule has 0 spiro atoms. The average Bonchev–Trinajstić information content (AvgIpc) is 3.03. The summed E-state index contributed by atoms with van der Waals surface area (Å²) in [6.45, 7) is 5.15. The van der Waals surface area contributed by atoms with Crippen molar-refractivity contribution >= 4 is 17.4 Å². The Morgan fingerprint density at radius 3 is 2.40 bits per heavy atom. The number of aryl methyl sites for hydroxylation is 1. The minimum Gasteiger partial charge on any atom is -0.481 e. The lowest BCUT2D eigenvalue weighted by Gasteiger charge is -2.16. The van der Waals surface area contributed by atoms with Gasteiger partial charge in [0.25, 0.3) is 5.91 Å². The predicted octanol–water partition coefficient (Wildman–Crippen LogP) is 3.33. The van der Waals surface area contributed by atoms with Crippen molar-refractivity contribution in [3.63, 3.8) is 0 Å². The monoisotopic (exact) mass is 341 g/mol.